The molecule has 0 amide bonds. The quantitative estimate of drug-likeness (QED) is 0.536. The lowest BCUT2D eigenvalue weighted by Gasteiger charge is -2.28. The maximum absolute atomic E-state index is 12.4. The summed E-state index contributed by atoms with van der Waals surface area (Å²) < 4.78 is 18.6. The third-order valence-electron chi connectivity index (χ3n) is 3.37. The van der Waals surface area contributed by atoms with E-state index >= 15 is 0 Å². The topological polar surface area (TPSA) is 117 Å². The van der Waals surface area contributed by atoms with E-state index in [2.05, 4.69) is 19.5 Å². The van der Waals surface area contributed by atoms with E-state index in [1.165, 1.54) is 0 Å². The molecule has 9 nitrogen and oxygen atoms in total. The highest BCUT2D eigenvalue weighted by Crippen LogP contribution is 2.32. The molecule has 0 spiro atoms. The van der Waals surface area contributed by atoms with Crippen LogP contribution < -0.4 is 5.32 Å². The molecule has 0 saturated heterocycles. The van der Waals surface area contributed by atoms with E-state index in [1.807, 2.05) is 0 Å². The van der Waals surface area contributed by atoms with Crippen molar-refractivity contribution in [3.63, 3.8) is 0 Å². The third kappa shape index (κ3) is 3.92. The lowest BCUT2D eigenvalue weighted by Crippen LogP contribution is -2.38. The van der Waals surface area contributed by atoms with E-state index in [0.717, 1.165) is 21.3 Å². The molecule has 0 atom stereocenters. The maximum Gasteiger partial charge on any atom is 0.344 e. The molecule has 24 heavy (non-hydrogen) atoms. The third-order valence-corrected chi connectivity index (χ3v) is 3.37. The average Bonchev–Trinajstić information content (AvgIpc) is 2.57. The molecule has 0 aromatic heterocycles. The smallest absolute Gasteiger partial charge is 0.344 e. The fourth-order valence-corrected chi connectivity index (χ4v) is 2.26. The Kier molecular flexibility index (Phi) is 6.51. The minimum absolute atomic E-state index is 0.0987. The van der Waals surface area contributed by atoms with Gasteiger partial charge in [0.15, 0.2) is 6.61 Å². The number of hydrogen-bond donors (Lipinski definition) is 1. The molecule has 1 aliphatic rings. The predicted molar refractivity (Wildman–Crippen MR) is 79.0 cm³/mol. The summed E-state index contributed by atoms with van der Waals surface area (Å²) in [6, 6.07) is 0. The standard InChI is InChI=1S/C15H19NO8/c1-7-10(13(18)22-4)12(15(20)24-6-9(17)21-3)11(8(2)16-7)14(19)23-5/h12,16H,6H2,1-5H3. The lowest BCUT2D eigenvalue weighted by molar-refractivity contribution is -0.159. The van der Waals surface area contributed by atoms with Crippen molar-refractivity contribution in [3.05, 3.63) is 22.5 Å². The SMILES string of the molecule is COC(=O)COC(=O)C1C(C(=O)OC)=C(C)NC(C)=C1C(=O)OC. The van der Waals surface area contributed by atoms with Crippen LogP contribution in [0.1, 0.15) is 13.8 Å². The van der Waals surface area contributed by atoms with E-state index in [1.54, 1.807) is 13.8 Å². The molecule has 0 aromatic carbocycles. The molecule has 0 unspecified atom stereocenters. The summed E-state index contributed by atoms with van der Waals surface area (Å²) in [6.07, 6.45) is 0. The molecule has 9 heteroatoms. The summed E-state index contributed by atoms with van der Waals surface area (Å²) in [5, 5.41) is 2.83. The number of hydrogen-bond acceptors (Lipinski definition) is 9. The van der Waals surface area contributed by atoms with Gasteiger partial charge in [-0.1, -0.05) is 0 Å². The highest BCUT2D eigenvalue weighted by atomic mass is 16.6. The van der Waals surface area contributed by atoms with Crippen molar-refractivity contribution in [2.24, 2.45) is 5.92 Å². The molecule has 0 fully saturated rings. The normalized spacial score (nSPS) is 14.7. The van der Waals surface area contributed by atoms with E-state index in [4.69, 9.17) is 4.74 Å². The van der Waals surface area contributed by atoms with E-state index in [-0.39, 0.29) is 11.1 Å². The zero-order valence-corrected chi connectivity index (χ0v) is 14.1. The van der Waals surface area contributed by atoms with Gasteiger partial charge in [0.2, 0.25) is 0 Å². The second kappa shape index (κ2) is 8.14. The molecule has 1 heterocycles. The number of carbonyl (C=O) groups is 4. The Morgan fingerprint density at radius 3 is 1.71 bits per heavy atom. The van der Waals surface area contributed by atoms with Crippen molar-refractivity contribution in [1.29, 1.82) is 0 Å². The van der Waals surface area contributed by atoms with Crippen molar-refractivity contribution in [1.82, 2.24) is 5.32 Å². The first kappa shape index (κ1) is 19.2. The Bertz CT molecular complexity index is 593. The molecule has 1 N–H and O–H groups in total. The van der Waals surface area contributed by atoms with Crippen LogP contribution in [0.3, 0.4) is 0 Å². The van der Waals surface area contributed by atoms with Crippen LogP contribution in [0, 0.1) is 5.92 Å². The van der Waals surface area contributed by atoms with Gasteiger partial charge in [-0.15, -0.1) is 0 Å². The van der Waals surface area contributed by atoms with Gasteiger partial charge in [-0.05, 0) is 13.8 Å². The molecule has 0 radical (unpaired) electrons. The van der Waals surface area contributed by atoms with Gasteiger partial charge in [0, 0.05) is 11.4 Å². The number of carbonyl (C=O) groups excluding carboxylic acids is 4. The zero-order chi connectivity index (χ0) is 18.4. The van der Waals surface area contributed by atoms with Gasteiger partial charge in [-0.25, -0.2) is 14.4 Å². The highest BCUT2D eigenvalue weighted by molar-refractivity contribution is 6.05. The van der Waals surface area contributed by atoms with E-state index < -0.39 is 36.4 Å². The summed E-state index contributed by atoms with van der Waals surface area (Å²) in [6.45, 7) is 2.44. The number of ether oxygens (including phenoxy) is 4. The van der Waals surface area contributed by atoms with Crippen molar-refractivity contribution < 1.29 is 38.1 Å². The first-order chi connectivity index (χ1) is 11.3. The second-order valence-electron chi connectivity index (χ2n) is 4.80. The highest BCUT2D eigenvalue weighted by Gasteiger charge is 2.42. The number of esters is 4. The van der Waals surface area contributed by atoms with Gasteiger partial charge in [0.1, 0.15) is 5.92 Å². The van der Waals surface area contributed by atoms with Crippen molar-refractivity contribution >= 4 is 23.9 Å². The molecule has 0 saturated carbocycles. The number of dihydropyridines is 1. The predicted octanol–water partition coefficient (Wildman–Crippen LogP) is -0.184. The van der Waals surface area contributed by atoms with Crippen LogP contribution in [-0.2, 0) is 38.1 Å². The molecule has 1 aliphatic heterocycles. The second-order valence-corrected chi connectivity index (χ2v) is 4.80. The largest absolute Gasteiger partial charge is 0.466 e. The van der Waals surface area contributed by atoms with Crippen LogP contribution >= 0.6 is 0 Å². The molecule has 0 bridgehead atoms. The average molecular weight is 341 g/mol. The summed E-state index contributed by atoms with van der Waals surface area (Å²) in [5.41, 5.74) is 0.454. The Morgan fingerprint density at radius 1 is 0.875 bits per heavy atom. The Balaban J connectivity index is 3.31. The summed E-state index contributed by atoms with van der Waals surface area (Å²) >= 11 is 0. The molecular formula is C15H19NO8. The molecule has 1 rings (SSSR count). The minimum Gasteiger partial charge on any atom is -0.466 e. The fraction of sp³-hybridized carbons (Fsp3) is 0.467. The lowest BCUT2D eigenvalue weighted by atomic mass is 9.85. The van der Waals surface area contributed by atoms with Gasteiger partial charge in [-0.2, -0.15) is 0 Å². The molecule has 0 aromatic rings. The van der Waals surface area contributed by atoms with Crippen molar-refractivity contribution in [2.45, 2.75) is 13.8 Å². The monoisotopic (exact) mass is 341 g/mol. The van der Waals surface area contributed by atoms with E-state index in [9.17, 15) is 19.2 Å². The van der Waals surface area contributed by atoms with Gasteiger partial charge < -0.3 is 24.3 Å². The molecule has 132 valence electrons. The van der Waals surface area contributed by atoms with Crippen molar-refractivity contribution in [3.8, 4) is 0 Å². The Hall–Kier alpha value is -2.84. The van der Waals surface area contributed by atoms with E-state index in [0.29, 0.717) is 11.4 Å². The van der Waals surface area contributed by atoms with Gasteiger partial charge in [0.25, 0.3) is 0 Å². The van der Waals surface area contributed by atoms with Crippen LogP contribution in [0.5, 0.6) is 0 Å². The summed E-state index contributed by atoms with van der Waals surface area (Å²) in [5.74, 6) is -4.75. The molecule has 0 aliphatic carbocycles. The number of allylic oxidation sites excluding steroid dienone is 2. The van der Waals surface area contributed by atoms with Gasteiger partial charge in [0.05, 0.1) is 32.5 Å². The maximum atomic E-state index is 12.4. The van der Waals surface area contributed by atoms with Crippen LogP contribution in [0.2, 0.25) is 0 Å². The first-order valence-corrected chi connectivity index (χ1v) is 6.87. The minimum atomic E-state index is -1.38. The van der Waals surface area contributed by atoms with Crippen LogP contribution in [-0.4, -0.2) is 51.8 Å². The molecular weight excluding hydrogens is 322 g/mol. The first-order valence-electron chi connectivity index (χ1n) is 6.87. The fourth-order valence-electron chi connectivity index (χ4n) is 2.26. The van der Waals surface area contributed by atoms with Crippen molar-refractivity contribution in [2.75, 3.05) is 27.9 Å². The van der Waals surface area contributed by atoms with Gasteiger partial charge >= 0.3 is 23.9 Å². The Labute approximate surface area is 138 Å². The van der Waals surface area contributed by atoms with Gasteiger partial charge in [-0.3, -0.25) is 4.79 Å². The Morgan fingerprint density at radius 2 is 1.33 bits per heavy atom. The zero-order valence-electron chi connectivity index (χ0n) is 14.1. The van der Waals surface area contributed by atoms with Crippen LogP contribution in [0.15, 0.2) is 22.5 Å². The summed E-state index contributed by atoms with van der Waals surface area (Å²) in [4.78, 5) is 47.7. The van der Waals surface area contributed by atoms with Crippen LogP contribution in [0.4, 0.5) is 0 Å². The number of rotatable bonds is 5. The number of methoxy groups -OCH3 is 3. The summed E-state index contributed by atoms with van der Waals surface area (Å²) in [7, 11) is 3.42. The number of nitrogens with one attached hydrogen (secondary N) is 1. The van der Waals surface area contributed by atoms with Crippen LogP contribution in [0.25, 0.3) is 0 Å².